The zero-order valence-electron chi connectivity index (χ0n) is 9.45. The maximum absolute atomic E-state index is 10.8. The van der Waals surface area contributed by atoms with Crippen molar-refractivity contribution in [3.63, 3.8) is 0 Å². The molecule has 92 valence electrons. The molecule has 3 N–H and O–H groups in total. The third kappa shape index (κ3) is 3.07. The Balaban J connectivity index is 3.02. The number of ether oxygens (including phenoxy) is 1. The lowest BCUT2D eigenvalue weighted by Crippen LogP contribution is -2.31. The van der Waals surface area contributed by atoms with Gasteiger partial charge in [-0.05, 0) is 25.5 Å². The number of benzene rings is 1. The second kappa shape index (κ2) is 5.15. The van der Waals surface area contributed by atoms with Crippen molar-refractivity contribution in [1.82, 2.24) is 0 Å². The highest BCUT2D eigenvalue weighted by atomic mass is 16.6. The zero-order valence-corrected chi connectivity index (χ0v) is 9.45. The van der Waals surface area contributed by atoms with E-state index >= 15 is 0 Å². The summed E-state index contributed by atoms with van der Waals surface area (Å²) in [6, 6.07) is 4.56. The fourth-order valence-electron chi connectivity index (χ4n) is 1.20. The van der Waals surface area contributed by atoms with Crippen molar-refractivity contribution in [3.8, 4) is 5.75 Å². The third-order valence-electron chi connectivity index (χ3n) is 2.15. The minimum Gasteiger partial charge on any atom is -0.476 e. The van der Waals surface area contributed by atoms with Crippen LogP contribution >= 0.6 is 0 Å². The van der Waals surface area contributed by atoms with Crippen LogP contribution in [0.25, 0.3) is 0 Å². The first-order valence-electron chi connectivity index (χ1n) is 4.84. The van der Waals surface area contributed by atoms with E-state index < -0.39 is 11.0 Å². The molecule has 0 aliphatic heterocycles. The van der Waals surface area contributed by atoms with Crippen LogP contribution in [0.5, 0.6) is 5.75 Å². The Labute approximate surface area is 97.6 Å². The first-order chi connectivity index (χ1) is 7.95. The van der Waals surface area contributed by atoms with E-state index in [1.807, 2.05) is 0 Å². The molecule has 0 heterocycles. The van der Waals surface area contributed by atoms with Crippen LogP contribution in [0, 0.1) is 17.0 Å². The van der Waals surface area contributed by atoms with Gasteiger partial charge in [0.15, 0.2) is 17.7 Å². The van der Waals surface area contributed by atoms with Crippen molar-refractivity contribution < 1.29 is 14.9 Å². The largest absolute Gasteiger partial charge is 0.476 e. The molecular weight excluding hydrogens is 226 g/mol. The Kier molecular flexibility index (Phi) is 3.86. The Hall–Kier alpha value is -2.31. The van der Waals surface area contributed by atoms with Gasteiger partial charge in [-0.2, -0.15) is 0 Å². The Morgan fingerprint density at radius 3 is 2.82 bits per heavy atom. The van der Waals surface area contributed by atoms with E-state index in [4.69, 9.17) is 15.7 Å². The van der Waals surface area contributed by atoms with Crippen LogP contribution in [0.15, 0.2) is 23.4 Å². The van der Waals surface area contributed by atoms with E-state index in [1.165, 1.54) is 19.1 Å². The van der Waals surface area contributed by atoms with Gasteiger partial charge in [0.2, 0.25) is 0 Å². The van der Waals surface area contributed by atoms with E-state index in [-0.39, 0.29) is 17.3 Å². The molecule has 17 heavy (non-hydrogen) atoms. The molecule has 1 aromatic carbocycles. The molecule has 0 amide bonds. The average Bonchev–Trinajstić information content (AvgIpc) is 2.29. The molecule has 1 rings (SSSR count). The quantitative estimate of drug-likeness (QED) is 0.271. The number of hydrogen-bond donors (Lipinski definition) is 2. The van der Waals surface area contributed by atoms with E-state index in [1.54, 1.807) is 13.0 Å². The molecule has 0 saturated heterocycles. The average molecular weight is 239 g/mol. The molecule has 0 aliphatic rings. The topological polar surface area (TPSA) is 111 Å². The van der Waals surface area contributed by atoms with Crippen LogP contribution in [0.2, 0.25) is 0 Å². The minimum absolute atomic E-state index is 0.0831. The molecule has 7 nitrogen and oxygen atoms in total. The summed E-state index contributed by atoms with van der Waals surface area (Å²) >= 11 is 0. The van der Waals surface area contributed by atoms with Gasteiger partial charge in [-0.25, -0.2) is 0 Å². The van der Waals surface area contributed by atoms with Gasteiger partial charge < -0.3 is 15.7 Å². The molecule has 0 bridgehead atoms. The summed E-state index contributed by atoms with van der Waals surface area (Å²) in [4.78, 5) is 10.3. The highest BCUT2D eigenvalue weighted by Crippen LogP contribution is 2.28. The van der Waals surface area contributed by atoms with E-state index in [2.05, 4.69) is 5.16 Å². The van der Waals surface area contributed by atoms with Crippen molar-refractivity contribution >= 4 is 11.5 Å². The van der Waals surface area contributed by atoms with Gasteiger partial charge in [0, 0.05) is 6.07 Å². The van der Waals surface area contributed by atoms with Crippen LogP contribution < -0.4 is 10.5 Å². The van der Waals surface area contributed by atoms with Crippen LogP contribution in [-0.2, 0) is 0 Å². The molecule has 0 fully saturated rings. The summed E-state index contributed by atoms with van der Waals surface area (Å²) < 4.78 is 5.26. The Bertz CT molecular complexity index is 459. The van der Waals surface area contributed by atoms with Crippen molar-refractivity contribution in [2.24, 2.45) is 10.9 Å². The van der Waals surface area contributed by atoms with Crippen molar-refractivity contribution in [2.45, 2.75) is 20.0 Å². The molecule has 0 saturated carbocycles. The van der Waals surface area contributed by atoms with E-state index in [0.29, 0.717) is 0 Å². The van der Waals surface area contributed by atoms with Crippen LogP contribution in [0.4, 0.5) is 5.69 Å². The lowest BCUT2D eigenvalue weighted by atomic mass is 10.2. The number of oxime groups is 1. The summed E-state index contributed by atoms with van der Waals surface area (Å²) in [5.41, 5.74) is 5.93. The third-order valence-corrected chi connectivity index (χ3v) is 2.15. The Morgan fingerprint density at radius 2 is 2.29 bits per heavy atom. The first-order valence-corrected chi connectivity index (χ1v) is 4.84. The van der Waals surface area contributed by atoms with Crippen LogP contribution in [0.3, 0.4) is 0 Å². The monoisotopic (exact) mass is 239 g/mol. The Morgan fingerprint density at radius 1 is 1.65 bits per heavy atom. The minimum atomic E-state index is -0.749. The fraction of sp³-hybridized carbons (Fsp3) is 0.300. The molecule has 1 atom stereocenters. The molecule has 0 radical (unpaired) electrons. The highest BCUT2D eigenvalue weighted by molar-refractivity contribution is 5.84. The normalized spacial score (nSPS) is 13.2. The molecule has 1 aromatic rings. The fourth-order valence-corrected chi connectivity index (χ4v) is 1.20. The molecule has 0 spiro atoms. The SMILES string of the molecule is Cc1ccc(OC(C)C(N)=NO)c([N+](=O)[O-])c1. The number of nitro benzene ring substituents is 1. The lowest BCUT2D eigenvalue weighted by Gasteiger charge is -2.13. The van der Waals surface area contributed by atoms with Crippen molar-refractivity contribution in [2.75, 3.05) is 0 Å². The van der Waals surface area contributed by atoms with Crippen molar-refractivity contribution in [1.29, 1.82) is 0 Å². The van der Waals surface area contributed by atoms with Crippen molar-refractivity contribution in [3.05, 3.63) is 33.9 Å². The van der Waals surface area contributed by atoms with Gasteiger partial charge in [0.05, 0.1) is 4.92 Å². The number of nitro groups is 1. The summed E-state index contributed by atoms with van der Waals surface area (Å²) in [6.07, 6.45) is -0.749. The second-order valence-corrected chi connectivity index (χ2v) is 3.51. The number of aryl methyl sites for hydroxylation is 1. The molecule has 1 unspecified atom stereocenters. The van der Waals surface area contributed by atoms with Gasteiger partial charge in [-0.1, -0.05) is 11.2 Å². The van der Waals surface area contributed by atoms with Gasteiger partial charge in [-0.15, -0.1) is 0 Å². The smallest absolute Gasteiger partial charge is 0.311 e. The maximum atomic E-state index is 10.8. The van der Waals surface area contributed by atoms with E-state index in [9.17, 15) is 10.1 Å². The van der Waals surface area contributed by atoms with Crippen LogP contribution in [0.1, 0.15) is 12.5 Å². The van der Waals surface area contributed by atoms with Gasteiger partial charge >= 0.3 is 5.69 Å². The molecule has 0 aromatic heterocycles. The first kappa shape index (κ1) is 12.8. The summed E-state index contributed by atoms with van der Waals surface area (Å²) in [5, 5.41) is 22.0. The maximum Gasteiger partial charge on any atom is 0.311 e. The predicted molar refractivity (Wildman–Crippen MR) is 61.3 cm³/mol. The molecular formula is C10H13N3O4. The van der Waals surface area contributed by atoms with Gasteiger partial charge in [0.25, 0.3) is 0 Å². The number of hydrogen-bond acceptors (Lipinski definition) is 5. The van der Waals surface area contributed by atoms with Crippen LogP contribution in [-0.4, -0.2) is 22.1 Å². The summed E-state index contributed by atoms with van der Waals surface area (Å²) in [6.45, 7) is 3.27. The number of amidine groups is 1. The predicted octanol–water partition coefficient (Wildman–Crippen LogP) is 1.42. The summed E-state index contributed by atoms with van der Waals surface area (Å²) in [7, 11) is 0. The number of nitrogens with two attached hydrogens (primary N) is 1. The van der Waals surface area contributed by atoms with E-state index in [0.717, 1.165) is 5.56 Å². The molecule has 0 aliphatic carbocycles. The highest BCUT2D eigenvalue weighted by Gasteiger charge is 2.19. The number of rotatable bonds is 4. The zero-order chi connectivity index (χ0) is 13.0. The van der Waals surface area contributed by atoms with Gasteiger partial charge in [-0.3, -0.25) is 10.1 Å². The standard InChI is InChI=1S/C10H13N3O4/c1-6-3-4-9(8(5-6)13(15)16)17-7(2)10(11)12-14/h3-5,7,14H,1-2H3,(H2,11,12). The van der Waals surface area contributed by atoms with Gasteiger partial charge in [0.1, 0.15) is 0 Å². The second-order valence-electron chi connectivity index (χ2n) is 3.51. The lowest BCUT2D eigenvalue weighted by molar-refractivity contribution is -0.386. The summed E-state index contributed by atoms with van der Waals surface area (Å²) in [5.74, 6) is -0.0698. The number of nitrogens with zero attached hydrogens (tertiary/aromatic N) is 2. The molecule has 7 heteroatoms.